The number of halogens is 1. The molecule has 0 atom stereocenters. The highest BCUT2D eigenvalue weighted by Crippen LogP contribution is 2.39. The predicted octanol–water partition coefficient (Wildman–Crippen LogP) is 9.65. The van der Waals surface area contributed by atoms with Gasteiger partial charge in [0.25, 0.3) is 0 Å². The molecule has 1 aromatic heterocycles. The Morgan fingerprint density at radius 1 is 0.879 bits per heavy atom. The van der Waals surface area contributed by atoms with Gasteiger partial charge in [0.1, 0.15) is 5.82 Å². The standard InChI is InChI=1S/C31H31FS/c1-2-3-24-8-13-28-21-31(33-30(28)20-24)27-16-14-26(15-17-27)25-11-6-22(7-12-25)4-5-23-9-18-29(32)19-10-23/h4-5,8-10,13-22,25H,2-3,6-7,11-12H2,1H3/b5-4+. The van der Waals surface area contributed by atoms with Crippen molar-refractivity contribution in [3.63, 3.8) is 0 Å². The summed E-state index contributed by atoms with van der Waals surface area (Å²) >= 11 is 1.91. The summed E-state index contributed by atoms with van der Waals surface area (Å²) in [5.74, 6) is 1.11. The Kier molecular flexibility index (Phi) is 6.73. The Bertz CT molecular complexity index is 1220. The first-order valence-corrected chi connectivity index (χ1v) is 13.1. The van der Waals surface area contributed by atoms with E-state index in [1.807, 2.05) is 23.5 Å². The van der Waals surface area contributed by atoms with Crippen LogP contribution in [0.3, 0.4) is 0 Å². The van der Waals surface area contributed by atoms with Gasteiger partial charge in [-0.05, 0) is 95.8 Å². The van der Waals surface area contributed by atoms with E-state index < -0.39 is 0 Å². The van der Waals surface area contributed by atoms with Crippen LogP contribution in [0.2, 0.25) is 0 Å². The fourth-order valence-electron chi connectivity index (χ4n) is 5.05. The number of thiophene rings is 1. The minimum absolute atomic E-state index is 0.174. The zero-order valence-electron chi connectivity index (χ0n) is 19.3. The Morgan fingerprint density at radius 2 is 1.64 bits per heavy atom. The topological polar surface area (TPSA) is 0 Å². The molecule has 0 spiro atoms. The van der Waals surface area contributed by atoms with E-state index in [9.17, 15) is 4.39 Å². The molecule has 0 amide bonds. The first-order chi connectivity index (χ1) is 16.2. The predicted molar refractivity (Wildman–Crippen MR) is 141 cm³/mol. The third kappa shape index (κ3) is 5.28. The number of allylic oxidation sites excluding steroid dienone is 1. The summed E-state index contributed by atoms with van der Waals surface area (Å²) in [6.07, 6.45) is 11.7. The normalized spacial score (nSPS) is 18.8. The Labute approximate surface area is 200 Å². The maximum atomic E-state index is 13.1. The molecular weight excluding hydrogens is 423 g/mol. The van der Waals surface area contributed by atoms with Crippen molar-refractivity contribution >= 4 is 27.5 Å². The van der Waals surface area contributed by atoms with Crippen molar-refractivity contribution in [1.82, 2.24) is 0 Å². The van der Waals surface area contributed by atoms with Gasteiger partial charge in [0.05, 0.1) is 0 Å². The maximum absolute atomic E-state index is 13.1. The van der Waals surface area contributed by atoms with Crippen LogP contribution in [-0.2, 0) is 6.42 Å². The average Bonchev–Trinajstić information content (AvgIpc) is 3.28. The van der Waals surface area contributed by atoms with Gasteiger partial charge >= 0.3 is 0 Å². The SMILES string of the molecule is CCCc1ccc2cc(-c3ccc(C4CCC(/C=C/c5ccc(F)cc5)CC4)cc3)sc2c1. The van der Waals surface area contributed by atoms with E-state index in [1.54, 1.807) is 0 Å². The monoisotopic (exact) mass is 454 g/mol. The lowest BCUT2D eigenvalue weighted by atomic mass is 9.78. The van der Waals surface area contributed by atoms with E-state index in [0.717, 1.165) is 12.0 Å². The van der Waals surface area contributed by atoms with E-state index in [2.05, 4.69) is 67.6 Å². The van der Waals surface area contributed by atoms with E-state index >= 15 is 0 Å². The van der Waals surface area contributed by atoms with Crippen molar-refractivity contribution in [3.05, 3.63) is 101 Å². The summed E-state index contributed by atoms with van der Waals surface area (Å²) < 4.78 is 14.5. The number of hydrogen-bond acceptors (Lipinski definition) is 1. The van der Waals surface area contributed by atoms with Gasteiger partial charge in [0.15, 0.2) is 0 Å². The van der Waals surface area contributed by atoms with Gasteiger partial charge in [-0.2, -0.15) is 0 Å². The molecule has 1 fully saturated rings. The quantitative estimate of drug-likeness (QED) is 0.272. The molecule has 0 N–H and O–H groups in total. The van der Waals surface area contributed by atoms with Gasteiger partial charge in [-0.1, -0.05) is 74.0 Å². The zero-order chi connectivity index (χ0) is 22.6. The first-order valence-electron chi connectivity index (χ1n) is 12.2. The van der Waals surface area contributed by atoms with E-state index in [1.165, 1.54) is 75.9 Å². The smallest absolute Gasteiger partial charge is 0.123 e. The molecule has 2 heteroatoms. The molecule has 1 heterocycles. The molecule has 5 rings (SSSR count). The molecule has 3 aromatic carbocycles. The lowest BCUT2D eigenvalue weighted by molar-refractivity contribution is 0.377. The minimum Gasteiger partial charge on any atom is -0.207 e. The van der Waals surface area contributed by atoms with Crippen molar-refractivity contribution in [2.45, 2.75) is 51.4 Å². The molecule has 0 unspecified atom stereocenters. The van der Waals surface area contributed by atoms with Gasteiger partial charge in [-0.25, -0.2) is 4.39 Å². The van der Waals surface area contributed by atoms with Gasteiger partial charge < -0.3 is 0 Å². The number of rotatable bonds is 6. The lowest BCUT2D eigenvalue weighted by Crippen LogP contribution is -2.11. The van der Waals surface area contributed by atoms with Crippen molar-refractivity contribution in [2.75, 3.05) is 0 Å². The molecule has 1 saturated carbocycles. The highest BCUT2D eigenvalue weighted by atomic mass is 32.1. The Balaban J connectivity index is 1.21. The summed E-state index contributed by atoms with van der Waals surface area (Å²) in [5.41, 5.74) is 5.33. The summed E-state index contributed by atoms with van der Waals surface area (Å²) in [6.45, 7) is 2.24. The van der Waals surface area contributed by atoms with Crippen LogP contribution in [0.4, 0.5) is 4.39 Å². The zero-order valence-corrected chi connectivity index (χ0v) is 20.1. The average molecular weight is 455 g/mol. The number of fused-ring (bicyclic) bond motifs is 1. The van der Waals surface area contributed by atoms with Crippen molar-refractivity contribution in [3.8, 4) is 10.4 Å². The van der Waals surface area contributed by atoms with E-state index in [0.29, 0.717) is 11.8 Å². The third-order valence-corrected chi connectivity index (χ3v) is 8.14. The fraction of sp³-hybridized carbons (Fsp3) is 0.290. The van der Waals surface area contributed by atoms with Crippen LogP contribution in [0.15, 0.2) is 78.9 Å². The molecule has 0 bridgehead atoms. The highest BCUT2D eigenvalue weighted by Gasteiger charge is 2.21. The van der Waals surface area contributed by atoms with Crippen LogP contribution < -0.4 is 0 Å². The van der Waals surface area contributed by atoms with E-state index in [4.69, 9.17) is 0 Å². The number of aryl methyl sites for hydroxylation is 1. The van der Waals surface area contributed by atoms with Crippen LogP contribution in [0.25, 0.3) is 26.6 Å². The molecule has 1 aliphatic carbocycles. The first kappa shape index (κ1) is 22.1. The molecule has 168 valence electrons. The minimum atomic E-state index is -0.174. The summed E-state index contributed by atoms with van der Waals surface area (Å²) in [5, 5.41) is 1.35. The van der Waals surface area contributed by atoms with Gasteiger partial charge in [0.2, 0.25) is 0 Å². The molecule has 1 aliphatic rings. The van der Waals surface area contributed by atoms with Crippen LogP contribution in [0.1, 0.15) is 61.6 Å². The fourth-order valence-corrected chi connectivity index (χ4v) is 6.18. The molecule has 0 nitrogen and oxygen atoms in total. The van der Waals surface area contributed by atoms with Crippen molar-refractivity contribution in [1.29, 1.82) is 0 Å². The third-order valence-electron chi connectivity index (χ3n) is 6.99. The molecule has 0 aliphatic heterocycles. The van der Waals surface area contributed by atoms with Crippen LogP contribution in [0.5, 0.6) is 0 Å². The second-order valence-corrected chi connectivity index (χ2v) is 10.5. The van der Waals surface area contributed by atoms with Gasteiger partial charge in [0, 0.05) is 9.58 Å². The summed E-state index contributed by atoms with van der Waals surface area (Å²) in [4.78, 5) is 1.36. The summed E-state index contributed by atoms with van der Waals surface area (Å²) in [7, 11) is 0. The Morgan fingerprint density at radius 3 is 2.36 bits per heavy atom. The highest BCUT2D eigenvalue weighted by molar-refractivity contribution is 7.22. The molecule has 4 aromatic rings. The number of benzene rings is 3. The summed E-state index contributed by atoms with van der Waals surface area (Å²) in [6, 6.07) is 25.3. The molecule has 33 heavy (non-hydrogen) atoms. The van der Waals surface area contributed by atoms with Gasteiger partial charge in [-0.15, -0.1) is 11.3 Å². The molecule has 0 saturated heterocycles. The molecular formula is C31H31FS. The Hall–Kier alpha value is -2.71. The molecule has 0 radical (unpaired) electrons. The van der Waals surface area contributed by atoms with Crippen LogP contribution in [0, 0.1) is 11.7 Å². The second-order valence-electron chi connectivity index (χ2n) is 9.38. The van der Waals surface area contributed by atoms with Crippen molar-refractivity contribution in [2.24, 2.45) is 5.92 Å². The van der Waals surface area contributed by atoms with Crippen molar-refractivity contribution < 1.29 is 4.39 Å². The maximum Gasteiger partial charge on any atom is 0.123 e. The van der Waals surface area contributed by atoms with Crippen LogP contribution >= 0.6 is 11.3 Å². The largest absolute Gasteiger partial charge is 0.207 e. The van der Waals surface area contributed by atoms with E-state index in [-0.39, 0.29) is 5.82 Å². The van der Waals surface area contributed by atoms with Crippen LogP contribution in [-0.4, -0.2) is 0 Å². The second kappa shape index (κ2) is 10.1. The number of hydrogen-bond donors (Lipinski definition) is 0. The van der Waals surface area contributed by atoms with Gasteiger partial charge in [-0.3, -0.25) is 0 Å². The lowest BCUT2D eigenvalue weighted by Gasteiger charge is -2.27.